The number of aromatic nitrogens is 2. The summed E-state index contributed by atoms with van der Waals surface area (Å²) in [6.07, 6.45) is 0. The number of thiophene rings is 1. The highest BCUT2D eigenvalue weighted by Crippen LogP contribution is 2.30. The van der Waals surface area contributed by atoms with Crippen molar-refractivity contribution in [1.29, 1.82) is 0 Å². The molecule has 0 saturated carbocycles. The summed E-state index contributed by atoms with van der Waals surface area (Å²) in [6, 6.07) is 2.06. The maximum atomic E-state index is 4.05. The fourth-order valence-corrected chi connectivity index (χ4v) is 3.25. The van der Waals surface area contributed by atoms with E-state index in [1.807, 2.05) is 0 Å². The largest absolute Gasteiger partial charge is 0.178 e. The van der Waals surface area contributed by atoms with Crippen molar-refractivity contribution in [2.45, 2.75) is 0 Å². The van der Waals surface area contributed by atoms with Crippen molar-refractivity contribution < 1.29 is 0 Å². The van der Waals surface area contributed by atoms with Gasteiger partial charge in [0.2, 0.25) is 0 Å². The Hall–Kier alpha value is 0.470. The highest BCUT2D eigenvalue weighted by molar-refractivity contribution is 14.1. The van der Waals surface area contributed by atoms with Crippen LogP contribution >= 0.6 is 61.2 Å². The molecule has 0 bridgehead atoms. The van der Waals surface area contributed by atoms with Gasteiger partial charge in [-0.1, -0.05) is 11.3 Å². The molecule has 0 saturated heterocycles. The Morgan fingerprint density at radius 2 is 2.25 bits per heavy atom. The van der Waals surface area contributed by atoms with E-state index < -0.39 is 0 Å². The minimum absolute atomic E-state index is 0.977. The van der Waals surface area contributed by atoms with Crippen LogP contribution in [0.2, 0.25) is 0 Å². The van der Waals surface area contributed by atoms with Gasteiger partial charge in [-0.15, -0.1) is 21.5 Å². The third-order valence-electron chi connectivity index (χ3n) is 1.21. The van der Waals surface area contributed by atoms with Crippen LogP contribution in [0, 0.1) is 3.01 Å². The van der Waals surface area contributed by atoms with Gasteiger partial charge in [-0.3, -0.25) is 0 Å². The highest BCUT2D eigenvalue weighted by Gasteiger charge is 2.05. The Kier molecular flexibility index (Phi) is 2.78. The van der Waals surface area contributed by atoms with Gasteiger partial charge in [-0.2, -0.15) is 0 Å². The van der Waals surface area contributed by atoms with E-state index in [0.29, 0.717) is 0 Å². The lowest BCUT2D eigenvalue weighted by molar-refractivity contribution is 1.07. The molecule has 0 aliphatic heterocycles. The lowest BCUT2D eigenvalue weighted by atomic mass is 10.4. The van der Waals surface area contributed by atoms with Crippen LogP contribution in [0.4, 0.5) is 0 Å². The van der Waals surface area contributed by atoms with Gasteiger partial charge in [0, 0.05) is 10.9 Å². The summed E-state index contributed by atoms with van der Waals surface area (Å²) in [4.78, 5) is 0. The molecule has 0 radical (unpaired) electrons. The molecule has 0 aliphatic carbocycles. The Labute approximate surface area is 99.3 Å². The predicted octanol–water partition coefficient (Wildman–Crippen LogP) is 3.63. The molecular weight excluding hydrogens is 371 g/mol. The van der Waals surface area contributed by atoms with Gasteiger partial charge in [-0.25, -0.2) is 0 Å². The third-order valence-corrected chi connectivity index (χ3v) is 4.36. The molecule has 0 unspecified atom stereocenters. The van der Waals surface area contributed by atoms with Crippen molar-refractivity contribution in [1.82, 2.24) is 10.2 Å². The SMILES string of the molecule is Brc1cc(-c2nnc(I)s2)cs1. The van der Waals surface area contributed by atoms with Crippen LogP contribution in [0.3, 0.4) is 0 Å². The average molecular weight is 373 g/mol. The predicted molar refractivity (Wildman–Crippen MR) is 63.6 cm³/mol. The first-order valence-corrected chi connectivity index (χ1v) is 6.56. The van der Waals surface area contributed by atoms with Crippen LogP contribution in [-0.2, 0) is 0 Å². The van der Waals surface area contributed by atoms with E-state index in [1.165, 1.54) is 0 Å². The Bertz CT molecular complexity index is 359. The molecule has 2 heterocycles. The average Bonchev–Trinajstić information content (AvgIpc) is 2.58. The summed E-state index contributed by atoms with van der Waals surface area (Å²) in [5.41, 5.74) is 1.15. The van der Waals surface area contributed by atoms with Crippen molar-refractivity contribution >= 4 is 61.2 Å². The van der Waals surface area contributed by atoms with Crippen LogP contribution in [0.1, 0.15) is 0 Å². The van der Waals surface area contributed by atoms with Gasteiger partial charge in [-0.05, 0) is 44.6 Å². The maximum Gasteiger partial charge on any atom is 0.178 e. The van der Waals surface area contributed by atoms with Crippen LogP contribution < -0.4 is 0 Å². The lowest BCUT2D eigenvalue weighted by Gasteiger charge is -1.82. The molecule has 0 spiro atoms. The number of hydrogen-bond acceptors (Lipinski definition) is 4. The van der Waals surface area contributed by atoms with Gasteiger partial charge < -0.3 is 0 Å². The quantitative estimate of drug-likeness (QED) is 0.714. The van der Waals surface area contributed by atoms with Gasteiger partial charge in [0.15, 0.2) is 3.01 Å². The van der Waals surface area contributed by atoms with Gasteiger partial charge in [0.25, 0.3) is 0 Å². The minimum Gasteiger partial charge on any atom is -0.137 e. The summed E-state index contributed by atoms with van der Waals surface area (Å²) in [6.45, 7) is 0. The van der Waals surface area contributed by atoms with Crippen molar-refractivity contribution in [3.8, 4) is 10.6 Å². The molecular formula is C6H2BrIN2S2. The highest BCUT2D eigenvalue weighted by atomic mass is 127. The molecule has 2 nitrogen and oxygen atoms in total. The summed E-state index contributed by atoms with van der Waals surface area (Å²) in [7, 11) is 0. The maximum absolute atomic E-state index is 4.05. The zero-order valence-electron chi connectivity index (χ0n) is 5.62. The van der Waals surface area contributed by atoms with E-state index in [-0.39, 0.29) is 0 Å². The fraction of sp³-hybridized carbons (Fsp3) is 0. The van der Waals surface area contributed by atoms with Crippen LogP contribution in [0.5, 0.6) is 0 Å². The number of hydrogen-bond donors (Lipinski definition) is 0. The van der Waals surface area contributed by atoms with Gasteiger partial charge in [0.1, 0.15) is 5.01 Å². The Morgan fingerprint density at radius 3 is 2.75 bits per heavy atom. The number of halogens is 2. The monoisotopic (exact) mass is 372 g/mol. The molecule has 0 N–H and O–H groups in total. The molecule has 62 valence electrons. The second kappa shape index (κ2) is 3.69. The van der Waals surface area contributed by atoms with Crippen molar-refractivity contribution in [2.24, 2.45) is 0 Å². The van der Waals surface area contributed by atoms with E-state index in [4.69, 9.17) is 0 Å². The second-order valence-corrected chi connectivity index (χ2v) is 7.02. The molecule has 2 aromatic rings. The third kappa shape index (κ3) is 1.86. The van der Waals surface area contributed by atoms with E-state index in [0.717, 1.165) is 17.4 Å². The van der Waals surface area contributed by atoms with Crippen LogP contribution in [-0.4, -0.2) is 10.2 Å². The van der Waals surface area contributed by atoms with E-state index >= 15 is 0 Å². The summed E-state index contributed by atoms with van der Waals surface area (Å²) < 4.78 is 2.10. The number of nitrogens with zero attached hydrogens (tertiary/aromatic N) is 2. The Balaban J connectivity index is 2.43. The van der Waals surface area contributed by atoms with E-state index in [9.17, 15) is 0 Å². The molecule has 6 heteroatoms. The molecule has 12 heavy (non-hydrogen) atoms. The summed E-state index contributed by atoms with van der Waals surface area (Å²) >= 11 is 8.85. The van der Waals surface area contributed by atoms with E-state index in [2.05, 4.69) is 60.2 Å². The van der Waals surface area contributed by atoms with Gasteiger partial charge in [0.05, 0.1) is 3.79 Å². The second-order valence-electron chi connectivity index (χ2n) is 2.00. The molecule has 0 amide bonds. The van der Waals surface area contributed by atoms with Gasteiger partial charge >= 0.3 is 0 Å². The van der Waals surface area contributed by atoms with Crippen molar-refractivity contribution in [2.75, 3.05) is 0 Å². The smallest absolute Gasteiger partial charge is 0.137 e. The van der Waals surface area contributed by atoms with E-state index in [1.54, 1.807) is 22.7 Å². The van der Waals surface area contributed by atoms with Crippen LogP contribution in [0.15, 0.2) is 15.2 Å². The first kappa shape index (κ1) is 9.04. The molecule has 0 fully saturated rings. The van der Waals surface area contributed by atoms with Crippen molar-refractivity contribution in [3.63, 3.8) is 0 Å². The molecule has 2 aromatic heterocycles. The fourth-order valence-electron chi connectivity index (χ4n) is 0.744. The lowest BCUT2D eigenvalue weighted by Crippen LogP contribution is -1.71. The molecule has 0 aliphatic rings. The molecule has 0 aromatic carbocycles. The topological polar surface area (TPSA) is 25.8 Å². The standard InChI is InChI=1S/C6H2BrIN2S2/c7-4-1-3(2-11-4)5-9-10-6(8)12-5/h1-2H. The minimum atomic E-state index is 0.977. The molecule has 0 atom stereocenters. The first-order chi connectivity index (χ1) is 5.75. The number of rotatable bonds is 1. The normalized spacial score (nSPS) is 10.5. The Morgan fingerprint density at radius 1 is 1.42 bits per heavy atom. The summed E-state index contributed by atoms with van der Waals surface area (Å²) in [5.74, 6) is 0. The zero-order chi connectivity index (χ0) is 8.55. The summed E-state index contributed by atoms with van der Waals surface area (Å²) in [5, 5.41) is 11.1. The van der Waals surface area contributed by atoms with Crippen LogP contribution in [0.25, 0.3) is 10.6 Å². The zero-order valence-corrected chi connectivity index (χ0v) is 11.0. The van der Waals surface area contributed by atoms with Crippen molar-refractivity contribution in [3.05, 3.63) is 18.2 Å². The first-order valence-electron chi connectivity index (χ1n) is 2.99. The molecule has 2 rings (SSSR count).